The number of hydrogen-bond donors (Lipinski definition) is 4. The number of nitrogens with one attached hydrogen (secondary N) is 1. The van der Waals surface area contributed by atoms with Crippen LogP contribution in [-0.2, 0) is 36.1 Å². The van der Waals surface area contributed by atoms with Crippen LogP contribution in [0.25, 0.3) is 0 Å². The largest absolute Gasteiger partial charge is 0.478 e. The smallest absolute Gasteiger partial charge is 0.362 e. The molecule has 0 spiro atoms. The average Bonchev–Trinajstić information content (AvgIpc) is 3.32. The Bertz CT molecular complexity index is 1270. The van der Waals surface area contributed by atoms with Gasteiger partial charge in [-0.2, -0.15) is 13.2 Å². The van der Waals surface area contributed by atoms with Gasteiger partial charge in [-0.05, 0) is 26.0 Å². The van der Waals surface area contributed by atoms with Crippen LogP contribution in [0.3, 0.4) is 0 Å². The SMILES string of the molecule is Cc1nnn(CC2C(NC(=O)C(=NOC(C)(C)C(=O)O)c3csc(N)n3)C(=O)N2S(=O)(=O)O)n1. The molecule has 3 rings (SSSR count). The molecule has 0 aliphatic carbocycles. The van der Waals surface area contributed by atoms with Gasteiger partial charge >= 0.3 is 16.3 Å². The fraction of sp³-hybridized carbons (Fsp3) is 0.467. The number of anilines is 1. The molecule has 2 aromatic heterocycles. The molecule has 2 atom stereocenters. The summed E-state index contributed by atoms with van der Waals surface area (Å²) in [5.74, 6) is -3.30. The number of nitrogens with zero attached hydrogens (tertiary/aromatic N) is 7. The highest BCUT2D eigenvalue weighted by Crippen LogP contribution is 2.25. The zero-order valence-electron chi connectivity index (χ0n) is 17.8. The van der Waals surface area contributed by atoms with Crippen molar-refractivity contribution in [1.29, 1.82) is 0 Å². The van der Waals surface area contributed by atoms with E-state index in [2.05, 4.69) is 30.9 Å². The number of β-lactam (4-membered cyclic amide) rings is 1. The van der Waals surface area contributed by atoms with Gasteiger partial charge in [0, 0.05) is 5.38 Å². The van der Waals surface area contributed by atoms with Crippen molar-refractivity contribution in [2.24, 2.45) is 5.16 Å². The van der Waals surface area contributed by atoms with E-state index in [9.17, 15) is 32.5 Å². The van der Waals surface area contributed by atoms with Gasteiger partial charge in [0.05, 0.1) is 6.54 Å². The monoisotopic (exact) mass is 517 g/mol. The Kier molecular flexibility index (Phi) is 6.53. The zero-order valence-corrected chi connectivity index (χ0v) is 19.4. The van der Waals surface area contributed by atoms with E-state index in [1.165, 1.54) is 26.2 Å². The van der Waals surface area contributed by atoms with Gasteiger partial charge in [0.1, 0.15) is 17.8 Å². The lowest BCUT2D eigenvalue weighted by Crippen LogP contribution is -2.73. The summed E-state index contributed by atoms with van der Waals surface area (Å²) >= 11 is 0.957. The molecule has 19 heteroatoms. The molecule has 0 bridgehead atoms. The van der Waals surface area contributed by atoms with Crippen molar-refractivity contribution in [2.75, 3.05) is 5.73 Å². The minimum atomic E-state index is -4.96. The van der Waals surface area contributed by atoms with Crippen molar-refractivity contribution in [2.45, 2.75) is 45.0 Å². The van der Waals surface area contributed by atoms with Gasteiger partial charge < -0.3 is 21.0 Å². The van der Waals surface area contributed by atoms with Crippen LogP contribution < -0.4 is 11.1 Å². The molecule has 1 fully saturated rings. The summed E-state index contributed by atoms with van der Waals surface area (Å²) in [4.78, 5) is 46.6. The lowest BCUT2D eigenvalue weighted by molar-refractivity contribution is -0.161. The minimum absolute atomic E-state index is 0.0655. The van der Waals surface area contributed by atoms with Crippen LogP contribution >= 0.6 is 11.3 Å². The topological polar surface area (TPSA) is 245 Å². The molecular weight excluding hydrogens is 498 g/mol. The average molecular weight is 518 g/mol. The molecule has 2 aromatic rings. The fourth-order valence-corrected chi connectivity index (χ4v) is 4.14. The second kappa shape index (κ2) is 8.91. The quantitative estimate of drug-likeness (QED) is 0.119. The lowest BCUT2D eigenvalue weighted by Gasteiger charge is -2.43. The first-order valence-corrected chi connectivity index (χ1v) is 11.5. The van der Waals surface area contributed by atoms with Crippen molar-refractivity contribution in [3.05, 3.63) is 16.9 Å². The third-order valence-corrected chi connectivity index (χ3v) is 6.09. The summed E-state index contributed by atoms with van der Waals surface area (Å²) in [6, 6.07) is -2.76. The number of carboxylic acids is 1. The number of nitrogen functional groups attached to an aromatic ring is 1. The van der Waals surface area contributed by atoms with Crippen molar-refractivity contribution in [1.82, 2.24) is 34.8 Å². The Balaban J connectivity index is 1.89. The maximum atomic E-state index is 13.0. The molecule has 1 saturated heterocycles. The van der Waals surface area contributed by atoms with Gasteiger partial charge in [0.15, 0.2) is 16.7 Å². The number of rotatable bonds is 9. The van der Waals surface area contributed by atoms with Crippen LogP contribution in [0, 0.1) is 6.92 Å². The normalized spacial score (nSPS) is 19.0. The first-order valence-electron chi connectivity index (χ1n) is 9.27. The molecule has 184 valence electrons. The van der Waals surface area contributed by atoms with Gasteiger partial charge in [0.2, 0.25) is 5.60 Å². The van der Waals surface area contributed by atoms with E-state index in [1.807, 2.05) is 0 Å². The second-order valence-corrected chi connectivity index (χ2v) is 9.62. The molecular formula is C15H19N9O8S2. The number of aryl methyl sites for hydroxylation is 1. The fourth-order valence-electron chi connectivity index (χ4n) is 2.72. The Hall–Kier alpha value is -3.71. The summed E-state index contributed by atoms with van der Waals surface area (Å²) in [6.45, 7) is 3.56. The number of tetrazole rings is 1. The highest BCUT2D eigenvalue weighted by molar-refractivity contribution is 7.84. The number of thiazole rings is 1. The molecule has 1 aliphatic heterocycles. The Labute approximate surface area is 195 Å². The first kappa shape index (κ1) is 24.9. The summed E-state index contributed by atoms with van der Waals surface area (Å²) in [7, 11) is -4.96. The third kappa shape index (κ3) is 5.10. The van der Waals surface area contributed by atoms with E-state index in [1.54, 1.807) is 0 Å². The number of carboxylic acid groups (broad SMARTS) is 1. The number of aromatic nitrogens is 5. The molecule has 1 aliphatic rings. The number of nitrogens with two attached hydrogens (primary N) is 1. The van der Waals surface area contributed by atoms with Crippen molar-refractivity contribution < 1.29 is 37.3 Å². The van der Waals surface area contributed by atoms with Crippen LogP contribution in [0.4, 0.5) is 5.13 Å². The molecule has 3 heterocycles. The predicted octanol–water partition coefficient (Wildman–Crippen LogP) is -2.20. The van der Waals surface area contributed by atoms with Gasteiger partial charge in [-0.25, -0.2) is 14.1 Å². The highest BCUT2D eigenvalue weighted by atomic mass is 32.2. The zero-order chi connectivity index (χ0) is 25.4. The summed E-state index contributed by atoms with van der Waals surface area (Å²) < 4.78 is 32.9. The summed E-state index contributed by atoms with van der Waals surface area (Å²) in [6.07, 6.45) is 0. The van der Waals surface area contributed by atoms with Gasteiger partial charge in [-0.1, -0.05) is 5.16 Å². The predicted molar refractivity (Wildman–Crippen MR) is 113 cm³/mol. The molecule has 34 heavy (non-hydrogen) atoms. The third-order valence-electron chi connectivity index (χ3n) is 4.47. The van der Waals surface area contributed by atoms with E-state index in [-0.39, 0.29) is 27.5 Å². The Morgan fingerprint density at radius 3 is 2.59 bits per heavy atom. The second-order valence-electron chi connectivity index (χ2n) is 7.44. The van der Waals surface area contributed by atoms with Crippen molar-refractivity contribution >= 4 is 50.3 Å². The van der Waals surface area contributed by atoms with Crippen LogP contribution in [0.1, 0.15) is 25.4 Å². The number of carbonyl (C=O) groups is 3. The Morgan fingerprint density at radius 1 is 1.41 bits per heavy atom. The van der Waals surface area contributed by atoms with Crippen LogP contribution in [-0.4, -0.2) is 88.8 Å². The van der Waals surface area contributed by atoms with E-state index in [0.717, 1.165) is 16.1 Å². The summed E-state index contributed by atoms with van der Waals surface area (Å²) in [5, 5.41) is 27.7. The van der Waals surface area contributed by atoms with Crippen LogP contribution in [0.15, 0.2) is 10.5 Å². The molecule has 0 aromatic carbocycles. The van der Waals surface area contributed by atoms with E-state index in [4.69, 9.17) is 10.6 Å². The van der Waals surface area contributed by atoms with E-state index < -0.39 is 51.5 Å². The number of hydrogen-bond acceptors (Lipinski definition) is 13. The highest BCUT2D eigenvalue weighted by Gasteiger charge is 2.54. The van der Waals surface area contributed by atoms with Crippen LogP contribution in [0.5, 0.6) is 0 Å². The van der Waals surface area contributed by atoms with Gasteiger partial charge in [-0.15, -0.1) is 21.5 Å². The maximum absolute atomic E-state index is 13.0. The van der Waals surface area contributed by atoms with E-state index in [0.29, 0.717) is 0 Å². The maximum Gasteiger partial charge on any atom is 0.362 e. The first-order chi connectivity index (χ1) is 15.7. The van der Waals surface area contributed by atoms with Crippen molar-refractivity contribution in [3.8, 4) is 0 Å². The van der Waals surface area contributed by atoms with Crippen LogP contribution in [0.2, 0.25) is 0 Å². The molecule has 0 radical (unpaired) electrons. The summed E-state index contributed by atoms with van der Waals surface area (Å²) in [5.41, 5.74) is 3.17. The number of amides is 2. The van der Waals surface area contributed by atoms with Gasteiger partial charge in [-0.3, -0.25) is 14.1 Å². The Morgan fingerprint density at radius 2 is 2.09 bits per heavy atom. The molecule has 0 saturated carbocycles. The molecule has 5 N–H and O–H groups in total. The number of carbonyl (C=O) groups excluding carboxylic acids is 2. The van der Waals surface area contributed by atoms with Gasteiger partial charge in [0.25, 0.3) is 11.8 Å². The standard InChI is InChI=1S/C15H19N9O8S2/c1-6-19-22-23(20-6)4-8-10(12(26)24(8)34(29,30)31)18-11(25)9(7-5-33-14(16)17-7)21-32-15(2,3)13(27)28/h5,8,10H,4H2,1-3H3,(H2,16,17)(H,18,25)(H,27,28)(H,29,30,31). The molecule has 2 unspecified atom stereocenters. The van der Waals surface area contributed by atoms with E-state index >= 15 is 0 Å². The lowest BCUT2D eigenvalue weighted by atomic mass is 9.98. The molecule has 2 amide bonds. The minimum Gasteiger partial charge on any atom is -0.478 e. The number of oxime groups is 1. The number of aliphatic carboxylic acids is 1. The van der Waals surface area contributed by atoms with Crippen molar-refractivity contribution in [3.63, 3.8) is 0 Å². The molecule has 17 nitrogen and oxygen atoms in total.